The Morgan fingerprint density at radius 3 is 1.98 bits per heavy atom. The largest absolute Gasteiger partial charge is 0.410 e. The van der Waals surface area contributed by atoms with Crippen LogP contribution in [0.25, 0.3) is 0 Å². The highest BCUT2D eigenvalue weighted by molar-refractivity contribution is 6.84. The molecule has 4 fully saturated rings. The smallest absolute Gasteiger partial charge is 0.225 e. The third kappa shape index (κ3) is 5.43. The molecular weight excluding hydrogens is 559 g/mol. The van der Waals surface area contributed by atoms with Crippen molar-refractivity contribution in [3.8, 4) is 0 Å². The van der Waals surface area contributed by atoms with E-state index in [1.54, 1.807) is 13.1 Å². The molecule has 1 aromatic rings. The lowest BCUT2D eigenvalue weighted by Gasteiger charge is -2.61. The van der Waals surface area contributed by atoms with Crippen LogP contribution >= 0.6 is 0 Å². The molecule has 4 aliphatic rings. The van der Waals surface area contributed by atoms with Crippen molar-refractivity contribution in [2.75, 3.05) is 0 Å². The Kier molecular flexibility index (Phi) is 9.09. The zero-order valence-corrected chi connectivity index (χ0v) is 27.9. The van der Waals surface area contributed by atoms with Crippen molar-refractivity contribution in [1.82, 2.24) is 0 Å². The summed E-state index contributed by atoms with van der Waals surface area (Å²) < 4.78 is 77.5. The second-order valence-corrected chi connectivity index (χ2v) is 19.9. The molecule has 1 nitrogen and oxygen atoms in total. The zero-order chi connectivity index (χ0) is 30.8. The molecular formula is C35H53F5OSi. The van der Waals surface area contributed by atoms with E-state index in [0.29, 0.717) is 17.3 Å². The van der Waals surface area contributed by atoms with E-state index in [4.69, 9.17) is 4.43 Å². The van der Waals surface area contributed by atoms with Gasteiger partial charge in [-0.1, -0.05) is 53.9 Å². The van der Waals surface area contributed by atoms with Crippen molar-refractivity contribution in [2.45, 2.75) is 131 Å². The summed E-state index contributed by atoms with van der Waals surface area (Å²) in [6.07, 6.45) is 14.1. The summed E-state index contributed by atoms with van der Waals surface area (Å²) in [5.74, 6) is -4.20. The van der Waals surface area contributed by atoms with Crippen molar-refractivity contribution in [3.63, 3.8) is 0 Å². The predicted octanol–water partition coefficient (Wildman–Crippen LogP) is 10.3. The lowest BCUT2D eigenvalue weighted by atomic mass is 9.44. The minimum Gasteiger partial charge on any atom is -0.410 e. The molecule has 4 aliphatic carbocycles. The average molecular weight is 613 g/mol. The van der Waals surface area contributed by atoms with Gasteiger partial charge in [-0.15, -0.1) is 0 Å². The van der Waals surface area contributed by atoms with Gasteiger partial charge in [0.25, 0.3) is 0 Å². The number of hydrogen-bond donors (Lipinski definition) is 0. The first-order valence-corrected chi connectivity index (χ1v) is 19.7. The maximum atomic E-state index is 14.7. The minimum atomic E-state index is -3.42. The van der Waals surface area contributed by atoms with Crippen molar-refractivity contribution in [2.24, 2.45) is 52.3 Å². The third-order valence-electron chi connectivity index (χ3n) is 13.1. The van der Waals surface area contributed by atoms with Crippen LogP contribution in [0.4, 0.5) is 22.0 Å². The highest BCUT2D eigenvalue weighted by atomic mass is 28.4. The lowest BCUT2D eigenvalue weighted by Crippen LogP contribution is -2.56. The summed E-state index contributed by atoms with van der Waals surface area (Å²) in [5, 5.41) is -0.739. The fraction of sp³-hybridized carbons (Fsp3) is 0.829. The van der Waals surface area contributed by atoms with Crippen LogP contribution in [0.1, 0.15) is 112 Å². The van der Waals surface area contributed by atoms with E-state index in [1.165, 1.54) is 51.4 Å². The van der Waals surface area contributed by atoms with E-state index in [-0.39, 0.29) is 11.5 Å². The summed E-state index contributed by atoms with van der Waals surface area (Å²) in [6.45, 7) is 15.4. The highest BCUT2D eigenvalue weighted by Gasteiger charge is 2.60. The van der Waals surface area contributed by atoms with Crippen LogP contribution in [0.3, 0.4) is 0 Å². The fourth-order valence-corrected chi connectivity index (χ4v) is 13.4. The van der Waals surface area contributed by atoms with Crippen LogP contribution in [-0.4, -0.2) is 14.4 Å². The van der Waals surface area contributed by atoms with Gasteiger partial charge in [0.1, 0.15) is 0 Å². The summed E-state index contributed by atoms with van der Waals surface area (Å²) in [5.41, 5.74) is 0.673. The van der Waals surface area contributed by atoms with E-state index in [2.05, 4.69) is 34.6 Å². The zero-order valence-electron chi connectivity index (χ0n) is 26.9. The summed E-state index contributed by atoms with van der Waals surface area (Å²) >= 11 is 0. The lowest BCUT2D eigenvalue weighted by molar-refractivity contribution is -0.127. The molecule has 2 unspecified atom stereocenters. The van der Waals surface area contributed by atoms with E-state index in [9.17, 15) is 22.0 Å². The molecule has 4 saturated carbocycles. The number of fused-ring (bicyclic) bond motifs is 5. The molecule has 0 radical (unpaired) electrons. The number of halogens is 5. The molecule has 9 atom stereocenters. The summed E-state index contributed by atoms with van der Waals surface area (Å²) in [7, 11) is -3.42. The molecule has 0 spiro atoms. The molecule has 42 heavy (non-hydrogen) atoms. The molecule has 0 aliphatic heterocycles. The first-order valence-electron chi connectivity index (χ1n) is 16.8. The van der Waals surface area contributed by atoms with Gasteiger partial charge < -0.3 is 4.43 Å². The summed E-state index contributed by atoms with van der Waals surface area (Å²) in [4.78, 5) is 0. The monoisotopic (exact) mass is 612 g/mol. The van der Waals surface area contributed by atoms with Gasteiger partial charge >= 0.3 is 0 Å². The van der Waals surface area contributed by atoms with Gasteiger partial charge in [0.2, 0.25) is 14.1 Å². The molecule has 0 N–H and O–H groups in total. The molecule has 1 aromatic carbocycles. The quantitative estimate of drug-likeness (QED) is 0.123. The van der Waals surface area contributed by atoms with E-state index < -0.39 is 42.6 Å². The summed E-state index contributed by atoms with van der Waals surface area (Å²) in [6, 6.07) is 0. The van der Waals surface area contributed by atoms with Crippen molar-refractivity contribution in [3.05, 3.63) is 29.1 Å². The highest BCUT2D eigenvalue weighted by Crippen LogP contribution is 2.68. The Bertz CT molecular complexity index is 1130. The van der Waals surface area contributed by atoms with Gasteiger partial charge in [0, 0.05) is 11.3 Å². The maximum Gasteiger partial charge on any atom is 0.225 e. The van der Waals surface area contributed by atoms with Crippen LogP contribution in [0.2, 0.25) is 13.1 Å². The average Bonchev–Trinajstić information content (AvgIpc) is 3.28. The standard InChI is InChI=1S/C35H53F5OSi/c1-20(2)9-8-10-21(3)25-13-14-26-24-12-11-22-19-23(15-17-34(22,4)27(24)16-18-35(25,26)5)41-42(6,7)33-31(39)29(37)28(36)30(38)32(33)40/h20-27H,8-19H2,1-7H3/t21-,22?,23?,24+,25-,26+,27+,34+,35-/m1/s1. The topological polar surface area (TPSA) is 9.23 Å². The first kappa shape index (κ1) is 32.4. The number of rotatable bonds is 8. The number of hydrogen-bond acceptors (Lipinski definition) is 1. The van der Waals surface area contributed by atoms with Crippen LogP contribution in [-0.2, 0) is 4.43 Å². The minimum absolute atomic E-state index is 0.215. The molecule has 0 heterocycles. The Hall–Kier alpha value is -0.953. The second-order valence-electron chi connectivity index (χ2n) is 16.2. The van der Waals surface area contributed by atoms with Crippen molar-refractivity contribution < 1.29 is 26.4 Å². The van der Waals surface area contributed by atoms with Gasteiger partial charge in [0.05, 0.1) is 0 Å². The van der Waals surface area contributed by atoms with Gasteiger partial charge in [-0.05, 0) is 123 Å². The van der Waals surface area contributed by atoms with E-state index in [0.717, 1.165) is 55.3 Å². The van der Waals surface area contributed by atoms with Crippen molar-refractivity contribution >= 4 is 13.5 Å². The van der Waals surface area contributed by atoms with Gasteiger partial charge in [-0.3, -0.25) is 0 Å². The van der Waals surface area contributed by atoms with Gasteiger partial charge in [-0.25, -0.2) is 22.0 Å². The molecule has 0 amide bonds. The molecule has 0 saturated heterocycles. The van der Waals surface area contributed by atoms with Crippen LogP contribution in [0.15, 0.2) is 0 Å². The van der Waals surface area contributed by atoms with Gasteiger partial charge in [0.15, 0.2) is 23.3 Å². The molecule has 0 aromatic heterocycles. The first-order chi connectivity index (χ1) is 19.6. The second kappa shape index (κ2) is 11.8. The van der Waals surface area contributed by atoms with E-state index >= 15 is 0 Å². The molecule has 7 heteroatoms. The number of benzene rings is 1. The maximum absolute atomic E-state index is 14.7. The Morgan fingerprint density at radius 2 is 1.33 bits per heavy atom. The Labute approximate surface area is 251 Å². The molecule has 238 valence electrons. The molecule has 5 rings (SSSR count). The third-order valence-corrected chi connectivity index (χ3v) is 15.7. The van der Waals surface area contributed by atoms with Crippen LogP contribution < -0.4 is 5.19 Å². The van der Waals surface area contributed by atoms with Crippen molar-refractivity contribution in [1.29, 1.82) is 0 Å². The Morgan fingerprint density at radius 1 is 0.738 bits per heavy atom. The van der Waals surface area contributed by atoms with Crippen LogP contribution in [0.5, 0.6) is 0 Å². The molecule has 0 bridgehead atoms. The normalized spacial score (nSPS) is 37.4. The Balaban J connectivity index is 1.27. The fourth-order valence-electron chi connectivity index (χ4n) is 11.0. The SMILES string of the molecule is CC(C)CCC[C@@H](C)[C@H]1CC[C@H]2[C@@H]3CCC4CC(O[Si](C)(C)c5c(F)c(F)c(F)c(F)c5F)CC[C@]4(C)[C@H]3CC[C@]12C. The van der Waals surface area contributed by atoms with E-state index in [1.807, 2.05) is 0 Å². The van der Waals surface area contributed by atoms with Gasteiger partial charge in [-0.2, -0.15) is 0 Å². The predicted molar refractivity (Wildman–Crippen MR) is 161 cm³/mol. The van der Waals surface area contributed by atoms with Crippen LogP contribution in [0, 0.1) is 81.3 Å².